The number of ether oxygens (including phenoxy) is 1. The van der Waals surface area contributed by atoms with Crippen LogP contribution in [0.3, 0.4) is 0 Å². The predicted octanol–water partition coefficient (Wildman–Crippen LogP) is 8.91. The van der Waals surface area contributed by atoms with E-state index in [-0.39, 0.29) is 16.9 Å². The molecule has 0 heterocycles. The summed E-state index contributed by atoms with van der Waals surface area (Å²) in [6, 6.07) is 16.8. The van der Waals surface area contributed by atoms with E-state index in [1.165, 1.54) is 92.4 Å². The molecule has 0 saturated carbocycles. The van der Waals surface area contributed by atoms with Crippen molar-refractivity contribution >= 4 is 16.9 Å². The van der Waals surface area contributed by atoms with Gasteiger partial charge >= 0.3 is 5.97 Å². The van der Waals surface area contributed by atoms with Crippen LogP contribution in [0.4, 0.5) is 0 Å². The number of carbonyl (C=O) groups excluding carboxylic acids is 1. The molecule has 2 rings (SSSR count). The molecule has 0 amide bonds. The van der Waals surface area contributed by atoms with Crippen molar-refractivity contribution in [2.75, 3.05) is 12.4 Å². The highest BCUT2D eigenvalue weighted by molar-refractivity contribution is 7.97. The number of carbonyl (C=O) groups is 1. The van der Waals surface area contributed by atoms with Crippen LogP contribution in [0.1, 0.15) is 107 Å². The summed E-state index contributed by atoms with van der Waals surface area (Å²) in [6.45, 7) is 6.75. The highest BCUT2D eigenvalue weighted by Crippen LogP contribution is 2.28. The van der Waals surface area contributed by atoms with E-state index in [4.69, 9.17) is 4.74 Å². The van der Waals surface area contributed by atoms with Crippen LogP contribution in [-0.2, 0) is 15.6 Å². The van der Waals surface area contributed by atoms with Crippen molar-refractivity contribution in [1.29, 1.82) is 0 Å². The Morgan fingerprint density at radius 2 is 1.36 bits per heavy atom. The van der Waals surface area contributed by atoms with Crippen LogP contribution in [-0.4, -0.2) is 18.3 Å². The van der Waals surface area contributed by atoms with Crippen LogP contribution < -0.4 is 0 Å². The maximum absolute atomic E-state index is 12.3. The molecule has 0 aliphatic rings. The number of rotatable bonds is 17. The molecule has 0 fully saturated rings. The van der Waals surface area contributed by atoms with Gasteiger partial charge in [-0.3, -0.25) is 0 Å². The monoisotopic (exact) mass is 469 g/mol. The lowest BCUT2D eigenvalue weighted by atomic mass is 10.1. The van der Waals surface area contributed by atoms with E-state index in [1.54, 1.807) is 0 Å². The van der Waals surface area contributed by atoms with E-state index in [0.29, 0.717) is 12.2 Å². The average Bonchev–Trinajstić information content (AvgIpc) is 2.83. The number of unbranched alkanes of at least 4 members (excludes halogenated alkanes) is 11. The number of esters is 1. The first kappa shape index (κ1) is 27.5. The largest absolute Gasteiger partial charge is 0.462 e. The Morgan fingerprint density at radius 1 is 0.758 bits per heavy atom. The lowest BCUT2D eigenvalue weighted by molar-refractivity contribution is 0.0526. The van der Waals surface area contributed by atoms with Gasteiger partial charge in [0.25, 0.3) is 0 Å². The summed E-state index contributed by atoms with van der Waals surface area (Å²) in [5.41, 5.74) is 2.00. The number of benzene rings is 2. The van der Waals surface area contributed by atoms with Crippen molar-refractivity contribution in [2.24, 2.45) is 0 Å². The summed E-state index contributed by atoms with van der Waals surface area (Å²) in [4.78, 5) is 14.9. The summed E-state index contributed by atoms with van der Waals surface area (Å²) in [7, 11) is -0.0159. The first-order chi connectivity index (χ1) is 16.2. The topological polar surface area (TPSA) is 26.3 Å². The SMILES string of the molecule is CCCCCCCCCCCCCC[S+](c1cccc(C(=O)OCC)c1)c1ccccc1C. The molecular formula is C30H45O2S+. The molecule has 3 heteroatoms. The molecule has 1 atom stereocenters. The molecule has 0 N–H and O–H groups in total. The van der Waals surface area contributed by atoms with Crippen LogP contribution in [0.5, 0.6) is 0 Å². The Morgan fingerprint density at radius 3 is 1.97 bits per heavy atom. The minimum absolute atomic E-state index is 0.0159. The highest BCUT2D eigenvalue weighted by atomic mass is 32.2. The molecule has 0 saturated heterocycles. The molecule has 0 radical (unpaired) electrons. The van der Waals surface area contributed by atoms with Crippen LogP contribution >= 0.6 is 0 Å². The zero-order valence-electron chi connectivity index (χ0n) is 21.2. The summed E-state index contributed by atoms with van der Waals surface area (Å²) >= 11 is 0. The summed E-state index contributed by atoms with van der Waals surface area (Å²) in [6.07, 6.45) is 16.4. The molecule has 2 aromatic rings. The Kier molecular flexibility index (Phi) is 14.0. The summed E-state index contributed by atoms with van der Waals surface area (Å²) in [5.74, 6) is 0.923. The Hall–Kier alpha value is -1.74. The maximum Gasteiger partial charge on any atom is 0.338 e. The van der Waals surface area contributed by atoms with Crippen molar-refractivity contribution in [2.45, 2.75) is 108 Å². The van der Waals surface area contributed by atoms with Crippen molar-refractivity contribution in [3.8, 4) is 0 Å². The third kappa shape index (κ3) is 10.4. The lowest BCUT2D eigenvalue weighted by Crippen LogP contribution is -2.12. The van der Waals surface area contributed by atoms with E-state index >= 15 is 0 Å². The fraction of sp³-hybridized carbons (Fsp3) is 0.567. The Bertz CT molecular complexity index is 801. The number of aryl methyl sites for hydroxylation is 1. The molecule has 33 heavy (non-hydrogen) atoms. The van der Waals surface area contributed by atoms with Crippen molar-refractivity contribution in [3.05, 3.63) is 59.7 Å². The molecular weight excluding hydrogens is 424 g/mol. The van der Waals surface area contributed by atoms with Gasteiger partial charge < -0.3 is 4.74 Å². The Balaban J connectivity index is 1.84. The van der Waals surface area contributed by atoms with E-state index in [1.807, 2.05) is 25.1 Å². The van der Waals surface area contributed by atoms with Gasteiger partial charge in [-0.1, -0.05) is 95.4 Å². The second kappa shape index (κ2) is 16.8. The van der Waals surface area contributed by atoms with E-state index in [2.05, 4.69) is 44.2 Å². The second-order valence-electron chi connectivity index (χ2n) is 9.00. The molecule has 0 aliphatic carbocycles. The lowest BCUT2D eigenvalue weighted by Gasteiger charge is -2.11. The van der Waals surface area contributed by atoms with Crippen LogP contribution in [0.15, 0.2) is 58.3 Å². The van der Waals surface area contributed by atoms with Gasteiger partial charge in [0.2, 0.25) is 0 Å². The van der Waals surface area contributed by atoms with Crippen LogP contribution in [0.2, 0.25) is 0 Å². The van der Waals surface area contributed by atoms with Gasteiger partial charge in [0.15, 0.2) is 9.79 Å². The van der Waals surface area contributed by atoms with Gasteiger partial charge in [-0.05, 0) is 44.9 Å². The van der Waals surface area contributed by atoms with Gasteiger partial charge in [0.1, 0.15) is 5.75 Å². The summed E-state index contributed by atoms with van der Waals surface area (Å²) in [5, 5.41) is 0. The first-order valence-corrected chi connectivity index (χ1v) is 14.6. The fourth-order valence-electron chi connectivity index (χ4n) is 4.27. The van der Waals surface area contributed by atoms with Gasteiger partial charge in [0, 0.05) is 11.6 Å². The van der Waals surface area contributed by atoms with E-state index in [9.17, 15) is 4.79 Å². The highest BCUT2D eigenvalue weighted by Gasteiger charge is 2.27. The standard InChI is InChI=1S/C30H45O2S/c1-4-6-7-8-9-10-11-12-13-14-15-18-24-33(29-23-17-16-20-26(29)3)28-22-19-21-27(25-28)30(31)32-5-2/h16-17,19-23,25H,4-15,18,24H2,1-3H3/q+1. The normalized spacial score (nSPS) is 12.0. The minimum atomic E-state index is -0.224. The molecule has 182 valence electrons. The maximum atomic E-state index is 12.3. The molecule has 2 nitrogen and oxygen atoms in total. The smallest absolute Gasteiger partial charge is 0.338 e. The van der Waals surface area contributed by atoms with Gasteiger partial charge in [0.05, 0.1) is 23.1 Å². The zero-order chi connectivity index (χ0) is 23.7. The third-order valence-electron chi connectivity index (χ3n) is 6.19. The first-order valence-electron chi connectivity index (χ1n) is 13.2. The van der Waals surface area contributed by atoms with Crippen molar-refractivity contribution in [3.63, 3.8) is 0 Å². The zero-order valence-corrected chi connectivity index (χ0v) is 22.1. The molecule has 1 unspecified atom stereocenters. The molecule has 0 aliphatic heterocycles. The molecule has 0 aromatic heterocycles. The number of hydrogen-bond donors (Lipinski definition) is 0. The fourth-order valence-corrected chi connectivity index (χ4v) is 6.68. The molecule has 0 bridgehead atoms. The quantitative estimate of drug-likeness (QED) is 0.131. The van der Waals surface area contributed by atoms with Crippen molar-refractivity contribution in [1.82, 2.24) is 0 Å². The second-order valence-corrected chi connectivity index (χ2v) is 11.1. The van der Waals surface area contributed by atoms with Gasteiger partial charge in [-0.15, -0.1) is 0 Å². The van der Waals surface area contributed by atoms with E-state index < -0.39 is 0 Å². The van der Waals surface area contributed by atoms with Crippen LogP contribution in [0.25, 0.3) is 0 Å². The van der Waals surface area contributed by atoms with Gasteiger partial charge in [-0.2, -0.15) is 0 Å². The van der Waals surface area contributed by atoms with Crippen LogP contribution in [0, 0.1) is 6.92 Å². The molecule has 2 aromatic carbocycles. The Labute approximate surface area is 205 Å². The predicted molar refractivity (Wildman–Crippen MR) is 143 cm³/mol. The molecule has 0 spiro atoms. The average molecular weight is 470 g/mol. The number of hydrogen-bond acceptors (Lipinski definition) is 2. The van der Waals surface area contributed by atoms with E-state index in [0.717, 1.165) is 5.75 Å². The van der Waals surface area contributed by atoms with Crippen molar-refractivity contribution < 1.29 is 9.53 Å². The van der Waals surface area contributed by atoms with Gasteiger partial charge in [-0.25, -0.2) is 4.79 Å². The third-order valence-corrected chi connectivity index (χ3v) is 8.70. The summed E-state index contributed by atoms with van der Waals surface area (Å²) < 4.78 is 5.23. The minimum Gasteiger partial charge on any atom is -0.462 e.